The topological polar surface area (TPSA) is 52.7 Å². The van der Waals surface area contributed by atoms with Crippen LogP contribution >= 0.6 is 11.3 Å². The largest absolute Gasteiger partial charge is 0.294 e. The van der Waals surface area contributed by atoms with Crippen LogP contribution < -0.4 is 5.56 Å². The maximum atomic E-state index is 12.7. The van der Waals surface area contributed by atoms with Gasteiger partial charge in [-0.15, -0.1) is 0 Å². The molecular formula is C15H18N4OS. The van der Waals surface area contributed by atoms with Crippen molar-refractivity contribution in [2.24, 2.45) is 7.05 Å². The summed E-state index contributed by atoms with van der Waals surface area (Å²) in [5.74, 6) is 0. The average molecular weight is 302 g/mol. The van der Waals surface area contributed by atoms with Gasteiger partial charge >= 0.3 is 0 Å². The highest BCUT2D eigenvalue weighted by atomic mass is 32.1. The summed E-state index contributed by atoms with van der Waals surface area (Å²) in [6.07, 6.45) is 3.26. The van der Waals surface area contributed by atoms with Crippen LogP contribution in [0.5, 0.6) is 0 Å². The van der Waals surface area contributed by atoms with E-state index in [1.165, 1.54) is 5.56 Å². The van der Waals surface area contributed by atoms with E-state index in [0.717, 1.165) is 24.1 Å². The van der Waals surface area contributed by atoms with E-state index in [4.69, 9.17) is 0 Å². The first-order chi connectivity index (χ1) is 10.1. The quantitative estimate of drug-likeness (QED) is 0.744. The van der Waals surface area contributed by atoms with Crippen LogP contribution in [0.15, 0.2) is 27.9 Å². The van der Waals surface area contributed by atoms with Crippen molar-refractivity contribution in [1.29, 1.82) is 0 Å². The fraction of sp³-hybridized carbons (Fsp3) is 0.400. The van der Waals surface area contributed by atoms with Gasteiger partial charge in [-0.3, -0.25) is 14.0 Å². The molecule has 5 nitrogen and oxygen atoms in total. The van der Waals surface area contributed by atoms with Crippen molar-refractivity contribution in [2.75, 3.05) is 0 Å². The zero-order valence-corrected chi connectivity index (χ0v) is 13.2. The van der Waals surface area contributed by atoms with Gasteiger partial charge in [0.2, 0.25) is 0 Å². The molecule has 0 N–H and O–H groups in total. The molecule has 1 atom stereocenters. The molecule has 0 spiro atoms. The molecule has 0 radical (unpaired) electrons. The summed E-state index contributed by atoms with van der Waals surface area (Å²) in [6, 6.07) is 2.17. The van der Waals surface area contributed by atoms with E-state index < -0.39 is 0 Å². The average Bonchev–Trinajstić information content (AvgIpc) is 3.07. The smallest absolute Gasteiger partial charge is 0.279 e. The maximum Gasteiger partial charge on any atom is 0.279 e. The number of hydrogen-bond acceptors (Lipinski definition) is 4. The molecule has 6 heteroatoms. The maximum absolute atomic E-state index is 12.7. The Morgan fingerprint density at radius 1 is 1.43 bits per heavy atom. The lowest BCUT2D eigenvalue weighted by atomic mass is 10.1. The van der Waals surface area contributed by atoms with E-state index in [2.05, 4.69) is 26.9 Å². The predicted molar refractivity (Wildman–Crippen MR) is 84.9 cm³/mol. The van der Waals surface area contributed by atoms with Gasteiger partial charge < -0.3 is 0 Å². The number of aryl methyl sites for hydroxylation is 2. The molecule has 0 amide bonds. The number of fused-ring (bicyclic) bond motifs is 1. The van der Waals surface area contributed by atoms with Gasteiger partial charge in [-0.2, -0.15) is 16.4 Å². The highest BCUT2D eigenvalue weighted by molar-refractivity contribution is 7.07. The molecule has 0 unspecified atom stereocenters. The molecule has 0 bridgehead atoms. The summed E-state index contributed by atoms with van der Waals surface area (Å²) >= 11 is 1.68. The Kier molecular flexibility index (Phi) is 3.63. The third kappa shape index (κ3) is 2.40. The molecule has 0 saturated carbocycles. The third-order valence-corrected chi connectivity index (χ3v) is 4.49. The summed E-state index contributed by atoms with van der Waals surface area (Å²) in [7, 11) is 1.80. The Hall–Kier alpha value is -1.95. The fourth-order valence-corrected chi connectivity index (χ4v) is 3.32. The molecule has 0 aliphatic heterocycles. The first kappa shape index (κ1) is 14.0. The zero-order valence-electron chi connectivity index (χ0n) is 12.4. The van der Waals surface area contributed by atoms with Crippen LogP contribution in [0.2, 0.25) is 0 Å². The number of rotatable bonds is 4. The van der Waals surface area contributed by atoms with Crippen molar-refractivity contribution in [2.45, 2.75) is 32.7 Å². The molecular weight excluding hydrogens is 284 g/mol. The summed E-state index contributed by atoms with van der Waals surface area (Å²) < 4.78 is 3.36. The Bertz CT molecular complexity index is 816. The molecule has 0 aromatic carbocycles. The molecule has 0 saturated heterocycles. The van der Waals surface area contributed by atoms with E-state index in [9.17, 15) is 4.79 Å². The van der Waals surface area contributed by atoms with E-state index in [1.807, 2.05) is 13.8 Å². The molecule has 0 aliphatic rings. The lowest BCUT2D eigenvalue weighted by Crippen LogP contribution is -2.26. The van der Waals surface area contributed by atoms with Gasteiger partial charge in [-0.25, -0.2) is 4.98 Å². The second kappa shape index (κ2) is 5.44. The highest BCUT2D eigenvalue weighted by Gasteiger charge is 2.16. The Morgan fingerprint density at radius 3 is 2.90 bits per heavy atom. The number of nitrogens with zero attached hydrogens (tertiary/aromatic N) is 4. The minimum absolute atomic E-state index is 0.0163. The van der Waals surface area contributed by atoms with Crippen molar-refractivity contribution in [3.8, 4) is 0 Å². The highest BCUT2D eigenvalue weighted by Crippen LogP contribution is 2.17. The normalized spacial score (nSPS) is 12.9. The van der Waals surface area contributed by atoms with E-state index in [-0.39, 0.29) is 11.6 Å². The van der Waals surface area contributed by atoms with Crippen LogP contribution in [-0.4, -0.2) is 19.3 Å². The van der Waals surface area contributed by atoms with Crippen molar-refractivity contribution in [3.63, 3.8) is 0 Å². The molecule has 3 aromatic rings. The van der Waals surface area contributed by atoms with E-state index >= 15 is 0 Å². The Balaban J connectivity index is 2.06. The Morgan fingerprint density at radius 2 is 2.24 bits per heavy atom. The summed E-state index contributed by atoms with van der Waals surface area (Å²) in [4.78, 5) is 17.2. The number of hydrogen-bond donors (Lipinski definition) is 0. The van der Waals surface area contributed by atoms with E-state index in [0.29, 0.717) is 5.52 Å². The Labute approximate surface area is 126 Å². The molecule has 0 aliphatic carbocycles. The second-order valence-electron chi connectivity index (χ2n) is 5.26. The van der Waals surface area contributed by atoms with Crippen LogP contribution in [0.3, 0.4) is 0 Å². The molecule has 21 heavy (non-hydrogen) atoms. The van der Waals surface area contributed by atoms with E-state index in [1.54, 1.807) is 34.0 Å². The van der Waals surface area contributed by atoms with Gasteiger partial charge in [-0.1, -0.05) is 6.92 Å². The van der Waals surface area contributed by atoms with Gasteiger partial charge in [0, 0.05) is 13.1 Å². The van der Waals surface area contributed by atoms with Crippen LogP contribution in [0.1, 0.15) is 31.1 Å². The molecule has 110 valence electrons. The van der Waals surface area contributed by atoms with Crippen LogP contribution in [0.4, 0.5) is 0 Å². The van der Waals surface area contributed by atoms with Crippen LogP contribution in [-0.2, 0) is 19.9 Å². The van der Waals surface area contributed by atoms with Crippen molar-refractivity contribution in [1.82, 2.24) is 19.3 Å². The zero-order chi connectivity index (χ0) is 15.0. The van der Waals surface area contributed by atoms with Gasteiger partial charge in [0.05, 0.1) is 12.0 Å². The van der Waals surface area contributed by atoms with Crippen molar-refractivity contribution >= 4 is 22.4 Å². The summed E-state index contributed by atoms with van der Waals surface area (Å²) in [5.41, 5.74) is 3.42. The van der Waals surface area contributed by atoms with Crippen molar-refractivity contribution in [3.05, 3.63) is 44.8 Å². The fourth-order valence-electron chi connectivity index (χ4n) is 2.64. The van der Waals surface area contributed by atoms with Crippen molar-refractivity contribution < 1.29 is 0 Å². The van der Waals surface area contributed by atoms with Gasteiger partial charge in [0.1, 0.15) is 5.52 Å². The summed E-state index contributed by atoms with van der Waals surface area (Å²) in [6.45, 7) is 4.07. The standard InChI is InChI=1S/C15H18N4OS/c1-4-12-13-14(18(3)17-12)15(20)19(9-16-13)10(2)7-11-5-6-21-8-11/h5-6,8-10H,4,7H2,1-3H3/t10-/m0/s1. The first-order valence-corrected chi connectivity index (χ1v) is 8.00. The molecule has 3 rings (SSSR count). The number of thiophene rings is 1. The SMILES string of the molecule is CCc1nn(C)c2c(=O)n([C@@H](C)Cc3ccsc3)cnc12. The molecule has 0 fully saturated rings. The van der Waals surface area contributed by atoms with Gasteiger partial charge in [0.25, 0.3) is 5.56 Å². The lowest BCUT2D eigenvalue weighted by Gasteiger charge is -2.14. The molecule has 3 heterocycles. The lowest BCUT2D eigenvalue weighted by molar-refractivity contribution is 0.522. The van der Waals surface area contributed by atoms with Gasteiger partial charge in [0.15, 0.2) is 5.52 Å². The third-order valence-electron chi connectivity index (χ3n) is 3.76. The van der Waals surface area contributed by atoms with Gasteiger partial charge in [-0.05, 0) is 42.2 Å². The molecule has 3 aromatic heterocycles. The monoisotopic (exact) mass is 302 g/mol. The second-order valence-corrected chi connectivity index (χ2v) is 6.04. The number of aromatic nitrogens is 4. The predicted octanol–water partition coefficient (Wildman–Crippen LogP) is 2.56. The minimum atomic E-state index is -0.0163. The van der Waals surface area contributed by atoms with Crippen LogP contribution in [0, 0.1) is 0 Å². The minimum Gasteiger partial charge on any atom is -0.294 e. The first-order valence-electron chi connectivity index (χ1n) is 7.05. The summed E-state index contributed by atoms with van der Waals surface area (Å²) in [5, 5.41) is 8.56. The van der Waals surface area contributed by atoms with Crippen LogP contribution in [0.25, 0.3) is 11.0 Å².